The van der Waals surface area contributed by atoms with Gasteiger partial charge < -0.3 is 4.90 Å². The summed E-state index contributed by atoms with van der Waals surface area (Å²) in [5.41, 5.74) is 1.73. The van der Waals surface area contributed by atoms with Gasteiger partial charge >= 0.3 is 0 Å². The molecule has 2 rings (SSSR count). The van der Waals surface area contributed by atoms with E-state index in [1.54, 1.807) is 44.0 Å². The molecule has 0 unspecified atom stereocenters. The second-order valence-corrected chi connectivity index (χ2v) is 6.65. The molecule has 0 fully saturated rings. The zero-order valence-corrected chi connectivity index (χ0v) is 15.9. The molecule has 0 bridgehead atoms. The van der Waals surface area contributed by atoms with Crippen LogP contribution in [0.25, 0.3) is 11.4 Å². The molecule has 2 aromatic rings. The van der Waals surface area contributed by atoms with Gasteiger partial charge in [0.25, 0.3) is 5.56 Å². The van der Waals surface area contributed by atoms with Gasteiger partial charge in [-0.2, -0.15) is 0 Å². The molecule has 1 aromatic carbocycles. The predicted octanol–water partition coefficient (Wildman–Crippen LogP) is 3.44. The van der Waals surface area contributed by atoms with Gasteiger partial charge in [0.05, 0.1) is 0 Å². The van der Waals surface area contributed by atoms with Crippen LogP contribution < -0.4 is 5.56 Å². The minimum Gasteiger partial charge on any atom is -0.344 e. The van der Waals surface area contributed by atoms with Crippen molar-refractivity contribution in [2.45, 2.75) is 40.2 Å². The van der Waals surface area contributed by atoms with Crippen LogP contribution >= 0.6 is 11.6 Å². The Bertz CT molecular complexity index is 830. The predicted molar refractivity (Wildman–Crippen MR) is 101 cm³/mol. The second kappa shape index (κ2) is 8.30. The van der Waals surface area contributed by atoms with Gasteiger partial charge in [-0.15, -0.1) is 0 Å². The summed E-state index contributed by atoms with van der Waals surface area (Å²) in [5.74, 6) is 0.358. The highest BCUT2D eigenvalue weighted by molar-refractivity contribution is 6.30. The molecule has 5 nitrogen and oxygen atoms in total. The normalized spacial score (nSPS) is 10.8. The van der Waals surface area contributed by atoms with Crippen LogP contribution in [0.15, 0.2) is 29.1 Å². The Kier molecular flexibility index (Phi) is 6.37. The van der Waals surface area contributed by atoms with Crippen LogP contribution in [0.5, 0.6) is 0 Å². The summed E-state index contributed by atoms with van der Waals surface area (Å²) in [7, 11) is 1.76. The number of carbonyl (C=O) groups is 1. The van der Waals surface area contributed by atoms with E-state index >= 15 is 0 Å². The van der Waals surface area contributed by atoms with Crippen LogP contribution in [-0.4, -0.2) is 34.0 Å². The van der Waals surface area contributed by atoms with E-state index in [1.807, 2.05) is 6.07 Å². The number of benzene rings is 1. The lowest BCUT2D eigenvalue weighted by Gasteiger charge is -2.20. The number of likely N-dealkylation sites (N-methyl/N-ethyl adjacent to an activating group) is 1. The van der Waals surface area contributed by atoms with E-state index in [2.05, 4.69) is 11.9 Å². The summed E-state index contributed by atoms with van der Waals surface area (Å²) < 4.78 is 1.44. The Morgan fingerprint density at radius 3 is 2.68 bits per heavy atom. The first-order valence-corrected chi connectivity index (χ1v) is 8.80. The molecule has 0 atom stereocenters. The molecule has 0 aliphatic rings. The number of carbonyl (C=O) groups excluding carboxylic acids is 1. The molecule has 0 aliphatic heterocycles. The molecule has 6 heteroatoms. The van der Waals surface area contributed by atoms with Gasteiger partial charge in [0.2, 0.25) is 5.91 Å². The molecule has 25 heavy (non-hydrogen) atoms. The SMILES string of the molecule is CCCCN(C)C(=O)Cn1c(-c2cccc(Cl)c2)nc(C)c(C)c1=O. The highest BCUT2D eigenvalue weighted by Crippen LogP contribution is 2.21. The zero-order valence-electron chi connectivity index (χ0n) is 15.2. The van der Waals surface area contributed by atoms with Crippen LogP contribution in [-0.2, 0) is 11.3 Å². The molecule has 0 saturated carbocycles. The number of halogens is 1. The minimum absolute atomic E-state index is 0.0327. The van der Waals surface area contributed by atoms with Crippen molar-refractivity contribution in [3.8, 4) is 11.4 Å². The number of rotatable bonds is 6. The first-order valence-electron chi connectivity index (χ1n) is 8.43. The second-order valence-electron chi connectivity index (χ2n) is 6.22. The highest BCUT2D eigenvalue weighted by Gasteiger charge is 2.17. The molecule has 0 radical (unpaired) electrons. The molecule has 1 amide bonds. The van der Waals surface area contributed by atoms with Gasteiger partial charge in [-0.05, 0) is 32.4 Å². The van der Waals surface area contributed by atoms with Gasteiger partial charge in [-0.1, -0.05) is 37.1 Å². The molecule has 1 heterocycles. The topological polar surface area (TPSA) is 55.2 Å². The number of unbranched alkanes of at least 4 members (excludes halogenated alkanes) is 1. The summed E-state index contributed by atoms with van der Waals surface area (Å²) in [6.07, 6.45) is 1.94. The smallest absolute Gasteiger partial charge is 0.257 e. The van der Waals surface area contributed by atoms with E-state index in [0.29, 0.717) is 28.6 Å². The zero-order chi connectivity index (χ0) is 18.6. The van der Waals surface area contributed by atoms with Gasteiger partial charge in [0, 0.05) is 35.4 Å². The Labute approximate surface area is 153 Å². The fraction of sp³-hybridized carbons (Fsp3) is 0.421. The summed E-state index contributed by atoms with van der Waals surface area (Å²) in [5, 5.41) is 0.558. The lowest BCUT2D eigenvalue weighted by molar-refractivity contribution is -0.130. The third kappa shape index (κ3) is 4.48. The van der Waals surface area contributed by atoms with Crippen molar-refractivity contribution >= 4 is 17.5 Å². The quantitative estimate of drug-likeness (QED) is 0.792. The fourth-order valence-electron chi connectivity index (χ4n) is 2.53. The number of aryl methyl sites for hydroxylation is 1. The van der Waals surface area contributed by atoms with Crippen molar-refractivity contribution in [1.82, 2.24) is 14.5 Å². The molecule has 0 saturated heterocycles. The van der Waals surface area contributed by atoms with E-state index in [1.165, 1.54) is 4.57 Å². The molecule has 1 aromatic heterocycles. The van der Waals surface area contributed by atoms with Crippen molar-refractivity contribution in [3.05, 3.63) is 50.9 Å². The van der Waals surface area contributed by atoms with Crippen molar-refractivity contribution in [2.75, 3.05) is 13.6 Å². The van der Waals surface area contributed by atoms with Crippen LogP contribution in [0.2, 0.25) is 5.02 Å². The number of hydrogen-bond acceptors (Lipinski definition) is 3. The third-order valence-electron chi connectivity index (χ3n) is 4.29. The Morgan fingerprint density at radius 2 is 2.04 bits per heavy atom. The fourth-order valence-corrected chi connectivity index (χ4v) is 2.72. The van der Waals surface area contributed by atoms with Crippen molar-refractivity contribution in [1.29, 1.82) is 0 Å². The van der Waals surface area contributed by atoms with Gasteiger partial charge in [0.1, 0.15) is 12.4 Å². The van der Waals surface area contributed by atoms with Crippen molar-refractivity contribution < 1.29 is 4.79 Å². The van der Waals surface area contributed by atoms with Crippen LogP contribution in [0.1, 0.15) is 31.0 Å². The third-order valence-corrected chi connectivity index (χ3v) is 4.52. The number of aromatic nitrogens is 2. The Hall–Kier alpha value is -2.14. The maximum atomic E-state index is 12.8. The van der Waals surface area contributed by atoms with E-state index in [4.69, 9.17) is 11.6 Å². The number of amides is 1. The average molecular weight is 362 g/mol. The number of nitrogens with zero attached hydrogens (tertiary/aromatic N) is 3. The van der Waals surface area contributed by atoms with Crippen LogP contribution in [0.3, 0.4) is 0 Å². The summed E-state index contributed by atoms with van der Waals surface area (Å²) in [6.45, 7) is 6.25. The van der Waals surface area contributed by atoms with E-state index in [-0.39, 0.29) is 18.0 Å². The maximum absolute atomic E-state index is 12.8. The maximum Gasteiger partial charge on any atom is 0.257 e. The molecular formula is C19H24ClN3O2. The lowest BCUT2D eigenvalue weighted by atomic mass is 10.1. The van der Waals surface area contributed by atoms with Crippen LogP contribution in [0, 0.1) is 13.8 Å². The standard InChI is InChI=1S/C19H24ClN3O2/c1-5-6-10-22(4)17(24)12-23-18(15-8-7-9-16(20)11-15)21-14(3)13(2)19(23)25/h7-9,11H,5-6,10,12H2,1-4H3. The van der Waals surface area contributed by atoms with Gasteiger partial charge in [0.15, 0.2) is 0 Å². The summed E-state index contributed by atoms with van der Waals surface area (Å²) in [6, 6.07) is 7.15. The van der Waals surface area contributed by atoms with E-state index in [9.17, 15) is 9.59 Å². The molecular weight excluding hydrogens is 338 g/mol. The number of hydrogen-bond donors (Lipinski definition) is 0. The van der Waals surface area contributed by atoms with Crippen molar-refractivity contribution in [2.24, 2.45) is 0 Å². The van der Waals surface area contributed by atoms with Gasteiger partial charge in [-0.3, -0.25) is 14.2 Å². The highest BCUT2D eigenvalue weighted by atomic mass is 35.5. The van der Waals surface area contributed by atoms with Gasteiger partial charge in [-0.25, -0.2) is 4.98 Å². The first-order chi connectivity index (χ1) is 11.8. The molecule has 134 valence electrons. The van der Waals surface area contributed by atoms with Crippen LogP contribution in [0.4, 0.5) is 0 Å². The largest absolute Gasteiger partial charge is 0.344 e. The Morgan fingerprint density at radius 1 is 1.32 bits per heavy atom. The minimum atomic E-state index is -0.195. The first kappa shape index (κ1) is 19.2. The Balaban J connectivity index is 2.47. The van der Waals surface area contributed by atoms with Crippen molar-refractivity contribution in [3.63, 3.8) is 0 Å². The monoisotopic (exact) mass is 361 g/mol. The molecule has 0 N–H and O–H groups in total. The molecule has 0 aliphatic carbocycles. The summed E-state index contributed by atoms with van der Waals surface area (Å²) in [4.78, 5) is 31.5. The lowest BCUT2D eigenvalue weighted by Crippen LogP contribution is -2.36. The average Bonchev–Trinajstić information content (AvgIpc) is 2.59. The summed E-state index contributed by atoms with van der Waals surface area (Å²) >= 11 is 6.08. The van der Waals surface area contributed by atoms with E-state index < -0.39 is 0 Å². The molecule has 0 spiro atoms. The van der Waals surface area contributed by atoms with E-state index in [0.717, 1.165) is 18.4 Å².